The molecular weight excluding hydrogens is 452 g/mol. The van der Waals surface area contributed by atoms with Crippen molar-refractivity contribution in [3.05, 3.63) is 71.0 Å². The second-order valence-corrected chi connectivity index (χ2v) is 8.41. The van der Waals surface area contributed by atoms with Crippen LogP contribution in [0.2, 0.25) is 0 Å². The van der Waals surface area contributed by atoms with Gasteiger partial charge < -0.3 is 10.6 Å². The molecule has 0 aliphatic carbocycles. The molecule has 3 aromatic rings. The van der Waals surface area contributed by atoms with Gasteiger partial charge in [-0.3, -0.25) is 14.3 Å². The molecule has 2 amide bonds. The number of hydrogen-bond acceptors (Lipinski definition) is 4. The van der Waals surface area contributed by atoms with Crippen molar-refractivity contribution in [2.75, 3.05) is 16.4 Å². The summed E-state index contributed by atoms with van der Waals surface area (Å²) in [6.45, 7) is 3.79. The van der Waals surface area contributed by atoms with Gasteiger partial charge in [0.1, 0.15) is 6.04 Å². The van der Waals surface area contributed by atoms with E-state index < -0.39 is 6.04 Å². The molecule has 29 heavy (non-hydrogen) atoms. The maximum atomic E-state index is 12.4. The van der Waals surface area contributed by atoms with Crippen LogP contribution in [0, 0.1) is 6.92 Å². The van der Waals surface area contributed by atoms with Gasteiger partial charge in [0.05, 0.1) is 5.75 Å². The Bertz CT molecular complexity index is 1010. The lowest BCUT2D eigenvalue weighted by molar-refractivity contribution is -0.119. The van der Waals surface area contributed by atoms with Crippen LogP contribution in [0.1, 0.15) is 18.5 Å². The highest BCUT2D eigenvalue weighted by atomic mass is 79.9. The largest absolute Gasteiger partial charge is 0.325 e. The number of aryl methyl sites for hydroxylation is 1. The number of nitrogens with one attached hydrogen (secondary N) is 2. The van der Waals surface area contributed by atoms with Gasteiger partial charge in [-0.05, 0) is 61.9 Å². The molecule has 1 unspecified atom stereocenters. The van der Waals surface area contributed by atoms with Crippen LogP contribution in [0.25, 0.3) is 0 Å². The molecule has 3 rings (SSSR count). The summed E-state index contributed by atoms with van der Waals surface area (Å²) >= 11 is 4.93. The fourth-order valence-corrected chi connectivity index (χ4v) is 3.95. The highest BCUT2D eigenvalue weighted by Crippen LogP contribution is 2.25. The number of thioether (sulfide) groups is 1. The molecule has 1 atom stereocenters. The van der Waals surface area contributed by atoms with Gasteiger partial charge in [-0.25, -0.2) is 0 Å². The topological polar surface area (TPSA) is 76.0 Å². The minimum atomic E-state index is -0.436. The van der Waals surface area contributed by atoms with Gasteiger partial charge in [0.25, 0.3) is 0 Å². The quantitative estimate of drug-likeness (QED) is 0.480. The number of carbonyl (C=O) groups is 2. The molecule has 0 saturated carbocycles. The number of anilines is 2. The summed E-state index contributed by atoms with van der Waals surface area (Å²) in [4.78, 5) is 25.8. The molecule has 6 nitrogen and oxygen atoms in total. The first-order chi connectivity index (χ1) is 13.9. The molecule has 150 valence electrons. The normalized spacial score (nSPS) is 11.7. The number of amides is 2. The second-order valence-electron chi connectivity index (χ2n) is 6.48. The molecule has 0 bridgehead atoms. The molecule has 8 heteroatoms. The lowest BCUT2D eigenvalue weighted by Gasteiger charge is -2.13. The van der Waals surface area contributed by atoms with Crippen LogP contribution in [-0.2, 0) is 9.59 Å². The van der Waals surface area contributed by atoms with E-state index in [0.717, 1.165) is 14.9 Å². The Morgan fingerprint density at radius 2 is 1.90 bits per heavy atom. The average Bonchev–Trinajstić information content (AvgIpc) is 3.21. The molecule has 0 aliphatic rings. The summed E-state index contributed by atoms with van der Waals surface area (Å²) in [5.74, 6) is 0.0132. The van der Waals surface area contributed by atoms with E-state index in [0.29, 0.717) is 17.1 Å². The van der Waals surface area contributed by atoms with E-state index >= 15 is 0 Å². The first-order valence-electron chi connectivity index (χ1n) is 9.01. The molecule has 0 spiro atoms. The van der Waals surface area contributed by atoms with Gasteiger partial charge in [-0.2, -0.15) is 5.10 Å². The predicted octanol–water partition coefficient (Wildman–Crippen LogP) is 4.88. The molecule has 2 aromatic carbocycles. The van der Waals surface area contributed by atoms with Crippen LogP contribution >= 0.6 is 27.7 Å². The van der Waals surface area contributed by atoms with Crippen LogP contribution < -0.4 is 10.6 Å². The van der Waals surface area contributed by atoms with Crippen LogP contribution in [-0.4, -0.2) is 27.3 Å². The number of rotatable bonds is 7. The van der Waals surface area contributed by atoms with Crippen molar-refractivity contribution in [3.63, 3.8) is 0 Å². The smallest absolute Gasteiger partial charge is 0.248 e. The standard InChI is InChI=1S/C21H21BrN4O2S/c1-14-11-16(22)7-8-19(14)29-13-20(27)24-17-5-3-6-18(12-17)25-21(28)15(2)26-10-4-9-23-26/h3-12,15H,13H2,1-2H3,(H,24,27)(H,25,28). The van der Waals surface area contributed by atoms with Crippen molar-refractivity contribution in [2.24, 2.45) is 0 Å². The molecule has 0 aliphatic heterocycles. The highest BCUT2D eigenvalue weighted by Gasteiger charge is 2.15. The Morgan fingerprint density at radius 3 is 2.59 bits per heavy atom. The second kappa shape index (κ2) is 9.76. The van der Waals surface area contributed by atoms with Gasteiger partial charge in [0.15, 0.2) is 0 Å². The Hall–Kier alpha value is -2.58. The van der Waals surface area contributed by atoms with Crippen molar-refractivity contribution in [1.29, 1.82) is 0 Å². The lowest BCUT2D eigenvalue weighted by atomic mass is 10.2. The summed E-state index contributed by atoms with van der Waals surface area (Å²) in [7, 11) is 0. The lowest BCUT2D eigenvalue weighted by Crippen LogP contribution is -2.24. The maximum absolute atomic E-state index is 12.4. The summed E-state index contributed by atoms with van der Waals surface area (Å²) in [5.41, 5.74) is 2.36. The van der Waals surface area contributed by atoms with Crippen molar-refractivity contribution in [2.45, 2.75) is 24.8 Å². The third-order valence-corrected chi connectivity index (χ3v) is 5.88. The van der Waals surface area contributed by atoms with Crippen LogP contribution in [0.15, 0.2) is 70.3 Å². The van der Waals surface area contributed by atoms with Gasteiger partial charge in [0, 0.05) is 33.1 Å². The number of carbonyl (C=O) groups excluding carboxylic acids is 2. The van der Waals surface area contributed by atoms with Gasteiger partial charge in [0.2, 0.25) is 11.8 Å². The Kier molecular flexibility index (Phi) is 7.11. The maximum Gasteiger partial charge on any atom is 0.248 e. The number of hydrogen-bond donors (Lipinski definition) is 2. The molecule has 2 N–H and O–H groups in total. The minimum absolute atomic E-state index is 0.106. The summed E-state index contributed by atoms with van der Waals surface area (Å²) in [5, 5.41) is 9.82. The van der Waals surface area contributed by atoms with Gasteiger partial charge in [-0.15, -0.1) is 11.8 Å². The fourth-order valence-electron chi connectivity index (χ4n) is 2.67. The zero-order valence-corrected chi connectivity index (χ0v) is 18.5. The van der Waals surface area contributed by atoms with E-state index in [4.69, 9.17) is 0 Å². The van der Waals surface area contributed by atoms with Crippen LogP contribution in [0.4, 0.5) is 11.4 Å². The van der Waals surface area contributed by atoms with Gasteiger partial charge >= 0.3 is 0 Å². The SMILES string of the molecule is Cc1cc(Br)ccc1SCC(=O)Nc1cccc(NC(=O)C(C)n2cccn2)c1. The van der Waals surface area contributed by atoms with Crippen LogP contribution in [0.3, 0.4) is 0 Å². The Labute approximate surface area is 182 Å². The van der Waals surface area contributed by atoms with Crippen molar-refractivity contribution >= 4 is 50.9 Å². The van der Waals surface area contributed by atoms with Crippen molar-refractivity contribution in [1.82, 2.24) is 9.78 Å². The van der Waals surface area contributed by atoms with E-state index in [1.54, 1.807) is 54.3 Å². The van der Waals surface area contributed by atoms with E-state index in [1.165, 1.54) is 11.8 Å². The van der Waals surface area contributed by atoms with Gasteiger partial charge in [-0.1, -0.05) is 22.0 Å². The number of aromatic nitrogens is 2. The highest BCUT2D eigenvalue weighted by molar-refractivity contribution is 9.10. The number of benzene rings is 2. The third kappa shape index (κ3) is 5.95. The van der Waals surface area contributed by atoms with E-state index in [2.05, 4.69) is 31.7 Å². The van der Waals surface area contributed by atoms with E-state index in [1.807, 2.05) is 25.1 Å². The monoisotopic (exact) mass is 472 g/mol. The van der Waals surface area contributed by atoms with Crippen molar-refractivity contribution in [3.8, 4) is 0 Å². The molecular formula is C21H21BrN4O2S. The first kappa shape index (κ1) is 21.1. The summed E-state index contributed by atoms with van der Waals surface area (Å²) < 4.78 is 2.60. The first-order valence-corrected chi connectivity index (χ1v) is 10.8. The molecule has 1 aromatic heterocycles. The van der Waals surface area contributed by atoms with Crippen LogP contribution in [0.5, 0.6) is 0 Å². The summed E-state index contributed by atoms with van der Waals surface area (Å²) in [6, 6.07) is 14.4. The number of halogens is 1. The zero-order valence-electron chi connectivity index (χ0n) is 16.1. The molecule has 0 fully saturated rings. The number of nitrogens with zero attached hydrogens (tertiary/aromatic N) is 2. The minimum Gasteiger partial charge on any atom is -0.325 e. The fraction of sp³-hybridized carbons (Fsp3) is 0.190. The van der Waals surface area contributed by atoms with E-state index in [-0.39, 0.29) is 11.8 Å². The molecule has 0 saturated heterocycles. The molecule has 1 heterocycles. The van der Waals surface area contributed by atoms with E-state index in [9.17, 15) is 9.59 Å². The Morgan fingerprint density at radius 1 is 1.14 bits per heavy atom. The zero-order chi connectivity index (χ0) is 20.8. The molecule has 0 radical (unpaired) electrons. The predicted molar refractivity (Wildman–Crippen MR) is 120 cm³/mol. The average molecular weight is 473 g/mol. The van der Waals surface area contributed by atoms with Crippen molar-refractivity contribution < 1.29 is 9.59 Å². The third-order valence-electron chi connectivity index (χ3n) is 4.21. The summed E-state index contributed by atoms with van der Waals surface area (Å²) in [6.07, 6.45) is 3.37. The Balaban J connectivity index is 1.56.